The SMILES string of the molecule is CCNC(=S)Nc1sc2c(c1C(=O)OCC)CC(C)CC2. The molecule has 0 saturated carbocycles. The lowest BCUT2D eigenvalue weighted by Crippen LogP contribution is -2.28. The number of thiocarbonyl (C=S) groups is 1. The summed E-state index contributed by atoms with van der Waals surface area (Å²) in [5.41, 5.74) is 1.84. The average Bonchev–Trinajstić information content (AvgIpc) is 2.76. The molecule has 4 nitrogen and oxygen atoms in total. The number of rotatable bonds is 4. The third kappa shape index (κ3) is 3.74. The van der Waals surface area contributed by atoms with Crippen LogP contribution in [-0.4, -0.2) is 24.2 Å². The lowest BCUT2D eigenvalue weighted by molar-refractivity contribution is 0.0526. The van der Waals surface area contributed by atoms with Gasteiger partial charge in [0.05, 0.1) is 12.2 Å². The molecular formula is C15H22N2O2S2. The molecule has 0 fully saturated rings. The Hall–Kier alpha value is -1.14. The van der Waals surface area contributed by atoms with Gasteiger partial charge in [-0.2, -0.15) is 0 Å². The topological polar surface area (TPSA) is 50.4 Å². The van der Waals surface area contributed by atoms with Gasteiger partial charge < -0.3 is 15.4 Å². The summed E-state index contributed by atoms with van der Waals surface area (Å²) in [5.74, 6) is 0.361. The van der Waals surface area contributed by atoms with Gasteiger partial charge in [0.25, 0.3) is 0 Å². The number of carbonyl (C=O) groups is 1. The van der Waals surface area contributed by atoms with E-state index in [2.05, 4.69) is 17.6 Å². The van der Waals surface area contributed by atoms with Gasteiger partial charge in [-0.25, -0.2) is 4.79 Å². The molecule has 1 heterocycles. The zero-order valence-corrected chi connectivity index (χ0v) is 14.4. The number of fused-ring (bicyclic) bond motifs is 1. The summed E-state index contributed by atoms with van der Waals surface area (Å²) in [7, 11) is 0. The first kappa shape index (κ1) is 16.2. The molecule has 1 aromatic rings. The molecule has 0 radical (unpaired) electrons. The van der Waals surface area contributed by atoms with Crippen molar-refractivity contribution in [2.24, 2.45) is 5.92 Å². The first-order chi connectivity index (χ1) is 10.1. The van der Waals surface area contributed by atoms with Crippen LogP contribution in [0.3, 0.4) is 0 Å². The molecule has 1 aliphatic rings. The second kappa shape index (κ2) is 7.22. The third-order valence-corrected chi connectivity index (χ3v) is 5.01. The van der Waals surface area contributed by atoms with Gasteiger partial charge in [-0.1, -0.05) is 6.92 Å². The van der Waals surface area contributed by atoms with Gasteiger partial charge in [0.15, 0.2) is 5.11 Å². The number of carbonyl (C=O) groups excluding carboxylic acids is 1. The van der Waals surface area contributed by atoms with E-state index in [-0.39, 0.29) is 5.97 Å². The number of nitrogens with one attached hydrogen (secondary N) is 2. The molecule has 6 heteroatoms. The second-order valence-corrected chi connectivity index (χ2v) is 6.77. The van der Waals surface area contributed by atoms with Crippen LogP contribution in [0.1, 0.15) is 48.0 Å². The number of hydrogen-bond acceptors (Lipinski definition) is 4. The second-order valence-electron chi connectivity index (χ2n) is 5.26. The van der Waals surface area contributed by atoms with E-state index in [9.17, 15) is 4.79 Å². The van der Waals surface area contributed by atoms with Gasteiger partial charge in [-0.3, -0.25) is 0 Å². The Labute approximate surface area is 135 Å². The highest BCUT2D eigenvalue weighted by atomic mass is 32.1. The monoisotopic (exact) mass is 326 g/mol. The Morgan fingerprint density at radius 2 is 2.24 bits per heavy atom. The van der Waals surface area contributed by atoms with Gasteiger partial charge >= 0.3 is 5.97 Å². The Balaban J connectivity index is 2.34. The highest BCUT2D eigenvalue weighted by Gasteiger charge is 2.28. The molecule has 1 atom stereocenters. The molecule has 0 bridgehead atoms. The number of anilines is 1. The van der Waals surface area contributed by atoms with Gasteiger partial charge in [-0.15, -0.1) is 11.3 Å². The van der Waals surface area contributed by atoms with Crippen molar-refractivity contribution < 1.29 is 9.53 Å². The minimum atomic E-state index is -0.245. The maximum Gasteiger partial charge on any atom is 0.341 e. The summed E-state index contributed by atoms with van der Waals surface area (Å²) < 4.78 is 5.23. The summed E-state index contributed by atoms with van der Waals surface area (Å²) in [6, 6.07) is 0. The number of esters is 1. The molecule has 116 valence electrons. The van der Waals surface area contributed by atoms with Crippen molar-refractivity contribution in [3.05, 3.63) is 16.0 Å². The van der Waals surface area contributed by atoms with Crippen molar-refractivity contribution in [2.75, 3.05) is 18.5 Å². The van der Waals surface area contributed by atoms with Crippen LogP contribution in [0.5, 0.6) is 0 Å². The van der Waals surface area contributed by atoms with Crippen LogP contribution >= 0.6 is 23.6 Å². The summed E-state index contributed by atoms with van der Waals surface area (Å²) in [6.07, 6.45) is 3.14. The highest BCUT2D eigenvalue weighted by Crippen LogP contribution is 2.40. The largest absolute Gasteiger partial charge is 0.462 e. The molecule has 2 rings (SSSR count). The highest BCUT2D eigenvalue weighted by molar-refractivity contribution is 7.80. The first-order valence-corrected chi connectivity index (χ1v) is 8.65. The Bertz CT molecular complexity index is 540. The van der Waals surface area contributed by atoms with E-state index in [0.29, 0.717) is 23.2 Å². The Morgan fingerprint density at radius 3 is 2.90 bits per heavy atom. The Morgan fingerprint density at radius 1 is 1.48 bits per heavy atom. The van der Waals surface area contributed by atoms with E-state index in [1.807, 2.05) is 13.8 Å². The van der Waals surface area contributed by atoms with Crippen molar-refractivity contribution in [2.45, 2.75) is 40.0 Å². The van der Waals surface area contributed by atoms with Gasteiger partial charge in [0, 0.05) is 11.4 Å². The fraction of sp³-hybridized carbons (Fsp3) is 0.600. The molecule has 0 amide bonds. The summed E-state index contributed by atoms with van der Waals surface area (Å²) >= 11 is 6.88. The van der Waals surface area contributed by atoms with Crippen LogP contribution in [0, 0.1) is 5.92 Å². The molecule has 0 saturated heterocycles. The first-order valence-electron chi connectivity index (χ1n) is 7.43. The minimum Gasteiger partial charge on any atom is -0.462 e. The average molecular weight is 326 g/mol. The summed E-state index contributed by atoms with van der Waals surface area (Å²) in [6.45, 7) is 7.18. The molecule has 0 aromatic carbocycles. The molecule has 1 aliphatic carbocycles. The number of hydrogen-bond donors (Lipinski definition) is 2. The van der Waals surface area contributed by atoms with Gasteiger partial charge in [0.2, 0.25) is 0 Å². The van der Waals surface area contributed by atoms with Crippen LogP contribution in [0.2, 0.25) is 0 Å². The fourth-order valence-electron chi connectivity index (χ4n) is 2.57. The van der Waals surface area contributed by atoms with E-state index < -0.39 is 0 Å². The number of aryl methyl sites for hydroxylation is 1. The van der Waals surface area contributed by atoms with Gasteiger partial charge in [0.1, 0.15) is 5.00 Å². The molecule has 21 heavy (non-hydrogen) atoms. The molecule has 1 unspecified atom stereocenters. The molecule has 1 aromatic heterocycles. The number of ether oxygens (including phenoxy) is 1. The maximum atomic E-state index is 12.3. The van der Waals surface area contributed by atoms with E-state index in [0.717, 1.165) is 30.0 Å². The number of thiophene rings is 1. The van der Waals surface area contributed by atoms with E-state index in [1.54, 1.807) is 11.3 Å². The predicted molar refractivity (Wildman–Crippen MR) is 91.4 cm³/mol. The van der Waals surface area contributed by atoms with Crippen LogP contribution in [0.25, 0.3) is 0 Å². The van der Waals surface area contributed by atoms with Crippen molar-refractivity contribution in [1.29, 1.82) is 0 Å². The van der Waals surface area contributed by atoms with Crippen molar-refractivity contribution in [1.82, 2.24) is 5.32 Å². The van der Waals surface area contributed by atoms with Crippen molar-refractivity contribution in [3.63, 3.8) is 0 Å². The lowest BCUT2D eigenvalue weighted by Gasteiger charge is -2.18. The van der Waals surface area contributed by atoms with Crippen molar-refractivity contribution in [3.8, 4) is 0 Å². The molecular weight excluding hydrogens is 304 g/mol. The van der Waals surface area contributed by atoms with Crippen LogP contribution in [0.4, 0.5) is 5.00 Å². The molecule has 0 aliphatic heterocycles. The third-order valence-electron chi connectivity index (χ3n) is 3.55. The van der Waals surface area contributed by atoms with E-state index >= 15 is 0 Å². The summed E-state index contributed by atoms with van der Waals surface area (Å²) in [4.78, 5) is 13.6. The smallest absolute Gasteiger partial charge is 0.341 e. The predicted octanol–water partition coefficient (Wildman–Crippen LogP) is 3.36. The standard InChI is InChI=1S/C15H22N2O2S2/c1-4-16-15(20)17-13-12(14(18)19-5-2)10-8-9(3)6-7-11(10)21-13/h9H,4-8H2,1-3H3,(H2,16,17,20). The van der Waals surface area contributed by atoms with E-state index in [4.69, 9.17) is 17.0 Å². The van der Waals surface area contributed by atoms with E-state index in [1.165, 1.54) is 11.3 Å². The molecule has 0 spiro atoms. The Kier molecular flexibility index (Phi) is 5.58. The molecule has 2 N–H and O–H groups in total. The zero-order chi connectivity index (χ0) is 15.4. The summed E-state index contributed by atoms with van der Waals surface area (Å²) in [5, 5.41) is 7.59. The lowest BCUT2D eigenvalue weighted by atomic mass is 9.88. The van der Waals surface area contributed by atoms with Gasteiger partial charge in [-0.05, 0) is 56.8 Å². The quantitative estimate of drug-likeness (QED) is 0.656. The van der Waals surface area contributed by atoms with Crippen LogP contribution in [-0.2, 0) is 17.6 Å². The zero-order valence-electron chi connectivity index (χ0n) is 12.7. The van der Waals surface area contributed by atoms with Crippen LogP contribution < -0.4 is 10.6 Å². The van der Waals surface area contributed by atoms with Crippen LogP contribution in [0.15, 0.2) is 0 Å². The van der Waals surface area contributed by atoms with Crippen molar-refractivity contribution >= 4 is 39.6 Å². The minimum absolute atomic E-state index is 0.245. The maximum absolute atomic E-state index is 12.3. The normalized spacial score (nSPS) is 17.0. The fourth-order valence-corrected chi connectivity index (χ4v) is 4.12.